The Bertz CT molecular complexity index is 892. The molecule has 0 spiro atoms. The van der Waals surface area contributed by atoms with E-state index in [2.05, 4.69) is 20.7 Å². The zero-order chi connectivity index (χ0) is 17.1. The maximum atomic E-state index is 12.1. The van der Waals surface area contributed by atoms with Crippen LogP contribution in [-0.2, 0) is 13.0 Å². The zero-order valence-electron chi connectivity index (χ0n) is 13.5. The summed E-state index contributed by atoms with van der Waals surface area (Å²) in [6.07, 6.45) is 6.09. The number of amides is 2. The van der Waals surface area contributed by atoms with Gasteiger partial charge < -0.3 is 15.4 Å². The maximum Gasteiger partial charge on any atom is 0.319 e. The van der Waals surface area contributed by atoms with Crippen molar-refractivity contribution in [3.63, 3.8) is 0 Å². The fourth-order valence-corrected chi connectivity index (χ4v) is 2.72. The molecular formula is C18H17N5O2. The second kappa shape index (κ2) is 6.64. The lowest BCUT2D eigenvalue weighted by atomic mass is 10.1. The molecule has 25 heavy (non-hydrogen) atoms. The quantitative estimate of drug-likeness (QED) is 0.768. The predicted molar refractivity (Wildman–Crippen MR) is 92.9 cm³/mol. The van der Waals surface area contributed by atoms with Gasteiger partial charge in [-0.25, -0.2) is 14.5 Å². The minimum atomic E-state index is -0.253. The Balaban J connectivity index is 1.37. The Hall–Kier alpha value is -3.35. The van der Waals surface area contributed by atoms with Crippen LogP contribution in [0.15, 0.2) is 55.0 Å². The molecule has 7 heteroatoms. The van der Waals surface area contributed by atoms with Crippen LogP contribution in [0.5, 0.6) is 5.75 Å². The largest absolute Gasteiger partial charge is 0.493 e. The van der Waals surface area contributed by atoms with Crippen molar-refractivity contribution in [2.24, 2.45) is 0 Å². The van der Waals surface area contributed by atoms with Crippen molar-refractivity contribution < 1.29 is 9.53 Å². The number of carbonyl (C=O) groups excluding carboxylic acids is 1. The molecule has 0 fully saturated rings. The molecule has 2 N–H and O–H groups in total. The monoisotopic (exact) mass is 335 g/mol. The molecule has 2 amide bonds. The van der Waals surface area contributed by atoms with Gasteiger partial charge in [0, 0.05) is 37.2 Å². The summed E-state index contributed by atoms with van der Waals surface area (Å²) in [6.45, 7) is 1.10. The highest BCUT2D eigenvalue weighted by atomic mass is 16.5. The molecule has 3 aromatic rings. The molecule has 0 atom stereocenters. The number of hydrogen-bond donors (Lipinski definition) is 2. The third kappa shape index (κ3) is 3.45. The van der Waals surface area contributed by atoms with Gasteiger partial charge in [-0.15, -0.1) is 0 Å². The molecule has 1 aromatic carbocycles. The van der Waals surface area contributed by atoms with E-state index < -0.39 is 0 Å². The van der Waals surface area contributed by atoms with E-state index >= 15 is 0 Å². The minimum absolute atomic E-state index is 0.253. The molecular weight excluding hydrogens is 318 g/mol. The van der Waals surface area contributed by atoms with Crippen LogP contribution in [-0.4, -0.2) is 27.4 Å². The van der Waals surface area contributed by atoms with E-state index in [-0.39, 0.29) is 6.03 Å². The summed E-state index contributed by atoms with van der Waals surface area (Å²) in [5, 5.41) is 9.85. The second-order valence-electron chi connectivity index (χ2n) is 5.70. The fourth-order valence-electron chi connectivity index (χ4n) is 2.72. The van der Waals surface area contributed by atoms with Crippen molar-refractivity contribution in [3.8, 4) is 11.6 Å². The summed E-state index contributed by atoms with van der Waals surface area (Å²) < 4.78 is 7.14. The van der Waals surface area contributed by atoms with E-state index in [9.17, 15) is 4.79 Å². The number of urea groups is 1. The molecule has 126 valence electrons. The SMILES string of the molecule is O=C(NCc1ccnc(-n2cccn2)c1)Nc1ccc2c(c1)CCO2. The standard InChI is InChI=1S/C18H17N5O2/c24-18(22-15-2-3-16-14(11-15)5-9-25-16)20-12-13-4-7-19-17(10-13)23-8-1-6-21-23/h1-4,6-8,10-11H,5,9,12H2,(H2,20,22,24). The zero-order valence-corrected chi connectivity index (χ0v) is 13.5. The summed E-state index contributed by atoms with van der Waals surface area (Å²) in [5.74, 6) is 1.61. The molecule has 4 rings (SSSR count). The number of pyridine rings is 1. The smallest absolute Gasteiger partial charge is 0.319 e. The van der Waals surface area contributed by atoms with Gasteiger partial charge in [-0.1, -0.05) is 0 Å². The van der Waals surface area contributed by atoms with Crippen molar-refractivity contribution in [2.75, 3.05) is 11.9 Å². The van der Waals surface area contributed by atoms with Crippen molar-refractivity contribution in [2.45, 2.75) is 13.0 Å². The third-order valence-corrected chi connectivity index (χ3v) is 3.95. The van der Waals surface area contributed by atoms with Crippen molar-refractivity contribution in [3.05, 3.63) is 66.1 Å². The molecule has 0 saturated carbocycles. The highest BCUT2D eigenvalue weighted by Gasteiger charge is 2.12. The van der Waals surface area contributed by atoms with Crippen LogP contribution >= 0.6 is 0 Å². The van der Waals surface area contributed by atoms with Crippen LogP contribution in [0.4, 0.5) is 10.5 Å². The highest BCUT2D eigenvalue weighted by molar-refractivity contribution is 5.89. The van der Waals surface area contributed by atoms with Gasteiger partial charge >= 0.3 is 6.03 Å². The fraction of sp³-hybridized carbons (Fsp3) is 0.167. The average molecular weight is 335 g/mol. The van der Waals surface area contributed by atoms with Crippen molar-refractivity contribution in [1.29, 1.82) is 0 Å². The Morgan fingerprint density at radius 3 is 3.08 bits per heavy atom. The van der Waals surface area contributed by atoms with Crippen LogP contribution < -0.4 is 15.4 Å². The minimum Gasteiger partial charge on any atom is -0.493 e. The Morgan fingerprint density at radius 2 is 2.20 bits per heavy atom. The molecule has 7 nitrogen and oxygen atoms in total. The van der Waals surface area contributed by atoms with Gasteiger partial charge in [0.2, 0.25) is 0 Å². The van der Waals surface area contributed by atoms with Gasteiger partial charge in [0.1, 0.15) is 5.75 Å². The number of carbonyl (C=O) groups is 1. The highest BCUT2D eigenvalue weighted by Crippen LogP contribution is 2.27. The first-order chi connectivity index (χ1) is 12.3. The first kappa shape index (κ1) is 15.2. The van der Waals surface area contributed by atoms with E-state index in [0.29, 0.717) is 19.0 Å². The molecule has 1 aliphatic heterocycles. The summed E-state index contributed by atoms with van der Waals surface area (Å²) >= 11 is 0. The van der Waals surface area contributed by atoms with Gasteiger partial charge in [-0.2, -0.15) is 5.10 Å². The lowest BCUT2D eigenvalue weighted by molar-refractivity contribution is 0.251. The number of aromatic nitrogens is 3. The van der Waals surface area contributed by atoms with Gasteiger partial charge in [0.05, 0.1) is 6.61 Å². The lowest BCUT2D eigenvalue weighted by Gasteiger charge is -2.09. The third-order valence-electron chi connectivity index (χ3n) is 3.95. The topological polar surface area (TPSA) is 81.1 Å². The van der Waals surface area contributed by atoms with E-state index in [1.165, 1.54) is 0 Å². The number of fused-ring (bicyclic) bond motifs is 1. The number of hydrogen-bond acceptors (Lipinski definition) is 4. The molecule has 0 bridgehead atoms. The molecule has 1 aliphatic rings. The predicted octanol–water partition coefficient (Wildman–Crippen LogP) is 2.52. The van der Waals surface area contributed by atoms with Crippen molar-refractivity contribution >= 4 is 11.7 Å². The maximum absolute atomic E-state index is 12.1. The van der Waals surface area contributed by atoms with Crippen LogP contribution in [0.3, 0.4) is 0 Å². The van der Waals surface area contributed by atoms with E-state index in [1.54, 1.807) is 17.1 Å². The van der Waals surface area contributed by atoms with Crippen LogP contribution in [0.2, 0.25) is 0 Å². The van der Waals surface area contributed by atoms with Gasteiger partial charge in [0.15, 0.2) is 5.82 Å². The summed E-state index contributed by atoms with van der Waals surface area (Å²) in [5.41, 5.74) is 2.82. The van der Waals surface area contributed by atoms with Gasteiger partial charge in [-0.3, -0.25) is 0 Å². The Kier molecular flexibility index (Phi) is 4.04. The Morgan fingerprint density at radius 1 is 1.24 bits per heavy atom. The summed E-state index contributed by atoms with van der Waals surface area (Å²) in [4.78, 5) is 16.4. The molecule has 0 aliphatic carbocycles. The Labute approximate surface area is 144 Å². The van der Waals surface area contributed by atoms with E-state index in [4.69, 9.17) is 4.74 Å². The first-order valence-electron chi connectivity index (χ1n) is 8.03. The number of nitrogens with zero attached hydrogens (tertiary/aromatic N) is 3. The molecule has 3 heterocycles. The van der Waals surface area contributed by atoms with Gasteiger partial charge in [0.25, 0.3) is 0 Å². The molecule has 0 saturated heterocycles. The van der Waals surface area contributed by atoms with Crippen molar-refractivity contribution in [1.82, 2.24) is 20.1 Å². The van der Waals surface area contributed by atoms with E-state index in [0.717, 1.165) is 29.0 Å². The van der Waals surface area contributed by atoms with Gasteiger partial charge in [-0.05, 0) is 47.5 Å². The summed E-state index contributed by atoms with van der Waals surface area (Å²) in [7, 11) is 0. The number of anilines is 1. The first-order valence-corrected chi connectivity index (χ1v) is 8.03. The van der Waals surface area contributed by atoms with Crippen LogP contribution in [0, 0.1) is 0 Å². The number of ether oxygens (including phenoxy) is 1. The number of benzene rings is 1. The lowest BCUT2D eigenvalue weighted by Crippen LogP contribution is -2.28. The van der Waals surface area contributed by atoms with E-state index in [1.807, 2.05) is 42.6 Å². The normalized spacial score (nSPS) is 12.3. The molecule has 0 unspecified atom stereocenters. The number of rotatable bonds is 4. The van der Waals surface area contributed by atoms with Crippen LogP contribution in [0.25, 0.3) is 5.82 Å². The summed E-state index contributed by atoms with van der Waals surface area (Å²) in [6, 6.07) is 11.0. The molecule has 2 aromatic heterocycles. The second-order valence-corrected chi connectivity index (χ2v) is 5.70. The average Bonchev–Trinajstić information content (AvgIpc) is 3.31. The van der Waals surface area contributed by atoms with Crippen LogP contribution in [0.1, 0.15) is 11.1 Å². The number of nitrogens with one attached hydrogen (secondary N) is 2. The molecule has 0 radical (unpaired) electrons.